The van der Waals surface area contributed by atoms with Crippen LogP contribution in [0.4, 0.5) is 0 Å². The third-order valence-corrected chi connectivity index (χ3v) is 4.84. The van der Waals surface area contributed by atoms with Crippen molar-refractivity contribution in [3.63, 3.8) is 0 Å². The Balaban J connectivity index is 0.000000269. The van der Waals surface area contributed by atoms with Gasteiger partial charge in [-0.3, -0.25) is 9.59 Å². The van der Waals surface area contributed by atoms with Gasteiger partial charge in [-0.15, -0.1) is 0 Å². The molecule has 0 saturated heterocycles. The summed E-state index contributed by atoms with van der Waals surface area (Å²) in [6.45, 7) is 3.17. The number of Topliss-reactive ketones (excluding diaryl/α,β-unsaturated/α-hetero) is 2. The van der Waals surface area contributed by atoms with Gasteiger partial charge in [0.15, 0.2) is 11.6 Å². The number of carbonyl (C=O) groups is 4. The summed E-state index contributed by atoms with van der Waals surface area (Å²) in [5.41, 5.74) is 2.05. The zero-order chi connectivity index (χ0) is 26.0. The molecule has 8 heteroatoms. The van der Waals surface area contributed by atoms with Crippen molar-refractivity contribution in [1.29, 1.82) is 0 Å². The Morgan fingerprint density at radius 1 is 0.714 bits per heavy atom. The van der Waals surface area contributed by atoms with Crippen LogP contribution in [0, 0.1) is 0 Å². The van der Waals surface area contributed by atoms with Crippen molar-refractivity contribution < 1.29 is 38.5 Å². The number of benzene rings is 3. The van der Waals surface area contributed by atoms with Crippen LogP contribution in [0.15, 0.2) is 66.7 Å². The predicted octanol–water partition coefficient (Wildman–Crippen LogP) is 4.64. The lowest BCUT2D eigenvalue weighted by Gasteiger charge is -2.11. The third kappa shape index (κ3) is 7.53. The maximum atomic E-state index is 11.8. The van der Waals surface area contributed by atoms with E-state index in [1.54, 1.807) is 12.1 Å². The highest BCUT2D eigenvalue weighted by Crippen LogP contribution is 2.23. The summed E-state index contributed by atoms with van der Waals surface area (Å²) >= 11 is 0. The van der Waals surface area contributed by atoms with Gasteiger partial charge < -0.3 is 19.3 Å². The molecule has 0 aliphatic heterocycles. The number of methoxy groups -OCH3 is 2. The molecule has 0 fully saturated rings. The minimum atomic E-state index is -0.661. The van der Waals surface area contributed by atoms with Crippen LogP contribution in [-0.2, 0) is 16.1 Å². The molecule has 0 spiro atoms. The SMILES string of the molecule is COC(=O)c1cc(C(C)=O)ccc1O.COC(=O)c1cc(C(C)=O)ccc1OCc1ccccc1. The van der Waals surface area contributed by atoms with E-state index in [0.29, 0.717) is 23.5 Å². The Morgan fingerprint density at radius 3 is 1.77 bits per heavy atom. The van der Waals surface area contributed by atoms with Crippen molar-refractivity contribution in [3.05, 3.63) is 94.5 Å². The monoisotopic (exact) mass is 478 g/mol. The van der Waals surface area contributed by atoms with Crippen LogP contribution in [0.1, 0.15) is 60.8 Å². The number of hydrogen-bond donors (Lipinski definition) is 1. The van der Waals surface area contributed by atoms with E-state index in [9.17, 15) is 24.3 Å². The number of ether oxygens (including phenoxy) is 3. The molecule has 0 aliphatic rings. The molecule has 0 atom stereocenters. The fourth-order valence-electron chi connectivity index (χ4n) is 2.91. The Morgan fingerprint density at radius 2 is 1.23 bits per heavy atom. The first-order valence-electron chi connectivity index (χ1n) is 10.5. The molecule has 1 N–H and O–H groups in total. The van der Waals surface area contributed by atoms with E-state index in [1.165, 1.54) is 52.3 Å². The molecule has 0 saturated carbocycles. The summed E-state index contributed by atoms with van der Waals surface area (Å²) < 4.78 is 14.8. The standard InChI is InChI=1S/C17H16O4.C10H10O4/c1-12(18)14-8-9-16(15(10-14)17(19)20-2)21-11-13-6-4-3-5-7-13;1-6(11)7-3-4-9(12)8(5-7)10(13)14-2/h3-10H,11H2,1-2H3;3-5,12H,1-2H3. The number of esters is 2. The van der Waals surface area contributed by atoms with E-state index in [1.807, 2.05) is 30.3 Å². The van der Waals surface area contributed by atoms with E-state index in [-0.39, 0.29) is 28.4 Å². The Kier molecular flexibility index (Phi) is 9.71. The van der Waals surface area contributed by atoms with Crippen molar-refractivity contribution >= 4 is 23.5 Å². The number of phenolic OH excluding ortho intramolecular Hbond substituents is 1. The average Bonchev–Trinajstić information content (AvgIpc) is 2.87. The Hall–Kier alpha value is -4.46. The van der Waals surface area contributed by atoms with Gasteiger partial charge in [0.05, 0.1) is 14.2 Å². The van der Waals surface area contributed by atoms with Gasteiger partial charge in [0.25, 0.3) is 0 Å². The number of ketones is 2. The fourth-order valence-corrected chi connectivity index (χ4v) is 2.91. The zero-order valence-electron chi connectivity index (χ0n) is 19.9. The van der Waals surface area contributed by atoms with Crippen molar-refractivity contribution in [3.8, 4) is 11.5 Å². The molecule has 0 radical (unpaired) electrons. The molecular formula is C27H26O8. The number of carbonyl (C=O) groups excluding carboxylic acids is 4. The quantitative estimate of drug-likeness (QED) is 0.386. The second kappa shape index (κ2) is 12.7. The maximum Gasteiger partial charge on any atom is 0.341 e. The average molecular weight is 478 g/mol. The molecule has 0 aromatic heterocycles. The van der Waals surface area contributed by atoms with Crippen LogP contribution >= 0.6 is 0 Å². The summed E-state index contributed by atoms with van der Waals surface area (Å²) in [4.78, 5) is 45.3. The first-order valence-corrected chi connectivity index (χ1v) is 10.5. The molecule has 35 heavy (non-hydrogen) atoms. The van der Waals surface area contributed by atoms with Crippen LogP contribution in [0.25, 0.3) is 0 Å². The van der Waals surface area contributed by atoms with Crippen LogP contribution in [0.3, 0.4) is 0 Å². The van der Waals surface area contributed by atoms with E-state index >= 15 is 0 Å². The number of rotatable bonds is 7. The minimum absolute atomic E-state index is 0.000185. The molecule has 0 aliphatic carbocycles. The van der Waals surface area contributed by atoms with Crippen molar-refractivity contribution in [2.75, 3.05) is 14.2 Å². The first-order chi connectivity index (χ1) is 16.7. The van der Waals surface area contributed by atoms with Crippen LogP contribution < -0.4 is 4.74 Å². The van der Waals surface area contributed by atoms with Crippen molar-refractivity contribution in [2.24, 2.45) is 0 Å². The largest absolute Gasteiger partial charge is 0.507 e. The molecular weight excluding hydrogens is 452 g/mol. The second-order valence-corrected chi connectivity index (χ2v) is 7.31. The topological polar surface area (TPSA) is 116 Å². The molecule has 3 aromatic carbocycles. The molecule has 0 unspecified atom stereocenters. The zero-order valence-corrected chi connectivity index (χ0v) is 19.9. The number of phenols is 1. The maximum absolute atomic E-state index is 11.8. The highest BCUT2D eigenvalue weighted by molar-refractivity contribution is 6.00. The van der Waals surface area contributed by atoms with Crippen LogP contribution in [0.2, 0.25) is 0 Å². The molecule has 0 bridgehead atoms. The normalized spacial score (nSPS) is 9.83. The summed E-state index contributed by atoms with van der Waals surface area (Å²) in [5.74, 6) is -1.27. The fraction of sp³-hybridized carbons (Fsp3) is 0.185. The lowest BCUT2D eigenvalue weighted by molar-refractivity contribution is 0.0587. The minimum Gasteiger partial charge on any atom is -0.507 e. The van der Waals surface area contributed by atoms with Crippen LogP contribution in [0.5, 0.6) is 11.5 Å². The van der Waals surface area contributed by atoms with E-state index in [4.69, 9.17) is 9.47 Å². The van der Waals surface area contributed by atoms with Crippen LogP contribution in [-0.4, -0.2) is 42.8 Å². The van der Waals surface area contributed by atoms with Gasteiger partial charge in [-0.05, 0) is 55.8 Å². The van der Waals surface area contributed by atoms with Crippen molar-refractivity contribution in [2.45, 2.75) is 20.5 Å². The van der Waals surface area contributed by atoms with Gasteiger partial charge in [-0.2, -0.15) is 0 Å². The Labute approximate surface area is 203 Å². The smallest absolute Gasteiger partial charge is 0.341 e. The molecule has 3 rings (SSSR count). The lowest BCUT2D eigenvalue weighted by atomic mass is 10.1. The summed E-state index contributed by atoms with van der Waals surface area (Å²) in [6, 6.07) is 18.4. The molecule has 3 aromatic rings. The van der Waals surface area contributed by atoms with E-state index in [2.05, 4.69) is 4.74 Å². The summed E-state index contributed by atoms with van der Waals surface area (Å²) in [6.07, 6.45) is 0. The molecule has 0 heterocycles. The lowest BCUT2D eigenvalue weighted by Crippen LogP contribution is -2.07. The highest BCUT2D eigenvalue weighted by atomic mass is 16.5. The summed E-state index contributed by atoms with van der Waals surface area (Å²) in [7, 11) is 2.51. The van der Waals surface area contributed by atoms with Gasteiger partial charge in [-0.1, -0.05) is 30.3 Å². The van der Waals surface area contributed by atoms with Gasteiger partial charge in [-0.25, -0.2) is 9.59 Å². The van der Waals surface area contributed by atoms with Crippen molar-refractivity contribution in [1.82, 2.24) is 0 Å². The van der Waals surface area contributed by atoms with E-state index in [0.717, 1.165) is 5.56 Å². The molecule has 182 valence electrons. The van der Waals surface area contributed by atoms with Gasteiger partial charge >= 0.3 is 11.9 Å². The summed E-state index contributed by atoms with van der Waals surface area (Å²) in [5, 5.41) is 9.31. The Bertz CT molecular complexity index is 1220. The molecule has 8 nitrogen and oxygen atoms in total. The number of hydrogen-bond acceptors (Lipinski definition) is 8. The van der Waals surface area contributed by atoms with Gasteiger partial charge in [0.2, 0.25) is 0 Å². The molecule has 0 amide bonds. The number of aromatic hydroxyl groups is 1. The first kappa shape index (κ1) is 26.8. The second-order valence-electron chi connectivity index (χ2n) is 7.31. The van der Waals surface area contributed by atoms with Gasteiger partial charge in [0, 0.05) is 11.1 Å². The van der Waals surface area contributed by atoms with E-state index < -0.39 is 11.9 Å². The predicted molar refractivity (Wildman–Crippen MR) is 128 cm³/mol. The third-order valence-electron chi connectivity index (χ3n) is 4.84. The van der Waals surface area contributed by atoms with Gasteiger partial charge in [0.1, 0.15) is 29.2 Å². The highest BCUT2D eigenvalue weighted by Gasteiger charge is 2.16.